The van der Waals surface area contributed by atoms with Crippen molar-refractivity contribution in [1.82, 2.24) is 0 Å². The molecule has 0 aromatic heterocycles. The van der Waals surface area contributed by atoms with E-state index in [-0.39, 0.29) is 5.92 Å². The van der Waals surface area contributed by atoms with Gasteiger partial charge in [-0.15, -0.1) is 6.58 Å². The molecule has 22 heavy (non-hydrogen) atoms. The molecule has 0 radical (unpaired) electrons. The van der Waals surface area contributed by atoms with Gasteiger partial charge < -0.3 is 0 Å². The Hall–Kier alpha value is -1.61. The van der Waals surface area contributed by atoms with Gasteiger partial charge in [0.15, 0.2) is 9.84 Å². The molecule has 0 N–H and O–H groups in total. The first kappa shape index (κ1) is 15.3. The first-order valence-corrected chi connectivity index (χ1v) is 9.53. The summed E-state index contributed by atoms with van der Waals surface area (Å²) in [6.07, 6.45) is 7.09. The minimum absolute atomic E-state index is 0.211. The van der Waals surface area contributed by atoms with E-state index in [4.69, 9.17) is 0 Å². The third kappa shape index (κ3) is 2.82. The van der Waals surface area contributed by atoms with Crippen LogP contribution in [-0.2, 0) is 9.84 Å². The number of benzene rings is 2. The SMILES string of the molecule is C=C[C@@H](C1CCCCC1)S(=O)(=O)c1ccc2ccccc2c1. The monoisotopic (exact) mass is 314 g/mol. The van der Waals surface area contributed by atoms with Crippen LogP contribution in [0.3, 0.4) is 0 Å². The van der Waals surface area contributed by atoms with Crippen LogP contribution < -0.4 is 0 Å². The quantitative estimate of drug-likeness (QED) is 0.763. The largest absolute Gasteiger partial charge is 0.223 e. The molecule has 1 fully saturated rings. The molecule has 1 atom stereocenters. The van der Waals surface area contributed by atoms with Crippen molar-refractivity contribution >= 4 is 20.6 Å². The van der Waals surface area contributed by atoms with Gasteiger partial charge in [-0.2, -0.15) is 0 Å². The standard InChI is InChI=1S/C19H22O2S/c1-2-19(16-9-4-3-5-10-16)22(20,21)18-13-12-15-8-6-7-11-17(15)14-18/h2,6-8,11-14,16,19H,1,3-5,9-10H2/t19-/m0/s1. The maximum atomic E-state index is 13.0. The Morgan fingerprint density at radius 2 is 1.68 bits per heavy atom. The van der Waals surface area contributed by atoms with Gasteiger partial charge in [-0.3, -0.25) is 0 Å². The molecule has 2 nitrogen and oxygen atoms in total. The topological polar surface area (TPSA) is 34.1 Å². The Morgan fingerprint density at radius 1 is 1.00 bits per heavy atom. The minimum Gasteiger partial charge on any atom is -0.223 e. The van der Waals surface area contributed by atoms with Gasteiger partial charge in [-0.25, -0.2) is 8.42 Å². The van der Waals surface area contributed by atoms with E-state index < -0.39 is 15.1 Å². The highest BCUT2D eigenvalue weighted by atomic mass is 32.2. The second-order valence-electron chi connectivity index (χ2n) is 6.15. The van der Waals surface area contributed by atoms with Crippen molar-refractivity contribution in [1.29, 1.82) is 0 Å². The zero-order chi connectivity index (χ0) is 15.6. The van der Waals surface area contributed by atoms with Crippen LogP contribution in [0.1, 0.15) is 32.1 Å². The van der Waals surface area contributed by atoms with Crippen LogP contribution in [0.25, 0.3) is 10.8 Å². The van der Waals surface area contributed by atoms with Crippen molar-refractivity contribution in [3.8, 4) is 0 Å². The number of hydrogen-bond acceptors (Lipinski definition) is 2. The van der Waals surface area contributed by atoms with Gasteiger partial charge in [-0.1, -0.05) is 55.7 Å². The van der Waals surface area contributed by atoms with Crippen molar-refractivity contribution in [3.63, 3.8) is 0 Å². The van der Waals surface area contributed by atoms with Gasteiger partial charge in [-0.05, 0) is 41.7 Å². The molecule has 2 aromatic carbocycles. The fourth-order valence-corrected chi connectivity index (χ4v) is 5.43. The number of sulfone groups is 1. The second kappa shape index (κ2) is 6.25. The van der Waals surface area contributed by atoms with Crippen molar-refractivity contribution in [3.05, 3.63) is 55.1 Å². The molecule has 3 heteroatoms. The summed E-state index contributed by atoms with van der Waals surface area (Å²) >= 11 is 0. The first-order valence-electron chi connectivity index (χ1n) is 7.98. The number of rotatable bonds is 4. The third-order valence-corrected chi connectivity index (χ3v) is 6.96. The summed E-state index contributed by atoms with van der Waals surface area (Å²) < 4.78 is 26.1. The summed E-state index contributed by atoms with van der Waals surface area (Å²) in [4.78, 5) is 0.418. The molecule has 0 heterocycles. The third-order valence-electron chi connectivity index (χ3n) is 4.75. The van der Waals surface area contributed by atoms with Crippen LogP contribution in [0.2, 0.25) is 0 Å². The van der Waals surface area contributed by atoms with Crippen molar-refractivity contribution in [2.24, 2.45) is 5.92 Å². The Labute approximate surface area is 132 Å². The van der Waals surface area contributed by atoms with E-state index in [1.54, 1.807) is 18.2 Å². The number of fused-ring (bicyclic) bond motifs is 1. The average Bonchev–Trinajstić information content (AvgIpc) is 2.56. The molecule has 0 amide bonds. The molecule has 0 unspecified atom stereocenters. The lowest BCUT2D eigenvalue weighted by Gasteiger charge is -2.28. The van der Waals surface area contributed by atoms with Crippen LogP contribution in [0.4, 0.5) is 0 Å². The normalized spacial score (nSPS) is 18.2. The molecule has 0 saturated heterocycles. The summed E-state index contributed by atoms with van der Waals surface area (Å²) in [5.41, 5.74) is 0. The summed E-state index contributed by atoms with van der Waals surface area (Å²) in [5, 5.41) is 1.57. The summed E-state index contributed by atoms with van der Waals surface area (Å²) in [6.45, 7) is 3.81. The summed E-state index contributed by atoms with van der Waals surface area (Å²) in [6, 6.07) is 13.3. The molecular formula is C19H22O2S. The molecule has 116 valence electrons. The fraction of sp³-hybridized carbons (Fsp3) is 0.368. The number of hydrogen-bond donors (Lipinski definition) is 0. The van der Waals surface area contributed by atoms with E-state index in [1.165, 1.54) is 6.42 Å². The van der Waals surface area contributed by atoms with E-state index in [0.717, 1.165) is 36.5 Å². The van der Waals surface area contributed by atoms with E-state index in [1.807, 2.05) is 30.3 Å². The lowest BCUT2D eigenvalue weighted by atomic mass is 9.87. The smallest absolute Gasteiger partial charge is 0.185 e. The highest BCUT2D eigenvalue weighted by Crippen LogP contribution is 2.33. The molecule has 0 spiro atoms. The highest BCUT2D eigenvalue weighted by Gasteiger charge is 2.33. The Balaban J connectivity index is 1.99. The minimum atomic E-state index is -3.36. The Bertz CT molecular complexity index is 771. The van der Waals surface area contributed by atoms with Crippen LogP contribution >= 0.6 is 0 Å². The predicted molar refractivity (Wildman–Crippen MR) is 91.7 cm³/mol. The molecule has 1 aliphatic rings. The summed E-state index contributed by atoms with van der Waals surface area (Å²) in [5.74, 6) is 0.211. The first-order chi connectivity index (χ1) is 10.6. The zero-order valence-corrected chi connectivity index (χ0v) is 13.6. The molecule has 1 aliphatic carbocycles. The highest BCUT2D eigenvalue weighted by molar-refractivity contribution is 7.92. The van der Waals surface area contributed by atoms with E-state index in [2.05, 4.69) is 6.58 Å². The lowest BCUT2D eigenvalue weighted by Crippen LogP contribution is -2.29. The summed E-state index contributed by atoms with van der Waals surface area (Å²) in [7, 11) is -3.36. The van der Waals surface area contributed by atoms with Crippen LogP contribution in [0.15, 0.2) is 60.0 Å². The van der Waals surface area contributed by atoms with Crippen molar-refractivity contribution in [2.45, 2.75) is 42.2 Å². The van der Waals surface area contributed by atoms with E-state index in [0.29, 0.717) is 4.90 Å². The van der Waals surface area contributed by atoms with Gasteiger partial charge in [0.1, 0.15) is 0 Å². The molecule has 1 saturated carbocycles. The van der Waals surface area contributed by atoms with Crippen LogP contribution in [0.5, 0.6) is 0 Å². The molecule has 0 bridgehead atoms. The molecular weight excluding hydrogens is 292 g/mol. The second-order valence-corrected chi connectivity index (χ2v) is 8.26. The predicted octanol–water partition coefficient (Wildman–Crippen LogP) is 4.75. The molecule has 2 aromatic rings. The van der Waals surface area contributed by atoms with E-state index >= 15 is 0 Å². The van der Waals surface area contributed by atoms with Crippen LogP contribution in [-0.4, -0.2) is 13.7 Å². The van der Waals surface area contributed by atoms with Gasteiger partial charge in [0.05, 0.1) is 10.1 Å². The fourth-order valence-electron chi connectivity index (χ4n) is 3.54. The molecule has 3 rings (SSSR count). The lowest BCUT2D eigenvalue weighted by molar-refractivity contribution is 0.360. The van der Waals surface area contributed by atoms with Crippen molar-refractivity contribution < 1.29 is 8.42 Å². The maximum Gasteiger partial charge on any atom is 0.185 e. The van der Waals surface area contributed by atoms with Crippen LogP contribution in [0, 0.1) is 5.92 Å². The van der Waals surface area contributed by atoms with Gasteiger partial charge >= 0.3 is 0 Å². The maximum absolute atomic E-state index is 13.0. The van der Waals surface area contributed by atoms with Gasteiger partial charge in [0.25, 0.3) is 0 Å². The van der Waals surface area contributed by atoms with E-state index in [9.17, 15) is 8.42 Å². The molecule has 0 aliphatic heterocycles. The Morgan fingerprint density at radius 3 is 2.36 bits per heavy atom. The van der Waals surface area contributed by atoms with Gasteiger partial charge in [0.2, 0.25) is 0 Å². The zero-order valence-electron chi connectivity index (χ0n) is 12.7. The van der Waals surface area contributed by atoms with Gasteiger partial charge in [0, 0.05) is 0 Å². The van der Waals surface area contributed by atoms with Crippen molar-refractivity contribution in [2.75, 3.05) is 0 Å². The average molecular weight is 314 g/mol. The Kier molecular flexibility index (Phi) is 4.34.